The zero-order valence-electron chi connectivity index (χ0n) is 17.6. The van der Waals surface area contributed by atoms with Gasteiger partial charge < -0.3 is 5.32 Å². The maximum Gasteiger partial charge on any atom is 0.251 e. The number of amides is 1. The van der Waals surface area contributed by atoms with Gasteiger partial charge in [-0.3, -0.25) is 9.48 Å². The van der Waals surface area contributed by atoms with Crippen molar-refractivity contribution >= 4 is 15.9 Å². The quantitative estimate of drug-likeness (QED) is 0.809. The average Bonchev–Trinajstić information content (AvgIpc) is 2.88. The second-order valence-corrected chi connectivity index (χ2v) is 9.69. The molecule has 0 bridgehead atoms. The molecule has 0 saturated carbocycles. The van der Waals surface area contributed by atoms with Crippen molar-refractivity contribution in [2.24, 2.45) is 7.05 Å². The van der Waals surface area contributed by atoms with Crippen molar-refractivity contribution < 1.29 is 13.2 Å². The van der Waals surface area contributed by atoms with Crippen LogP contribution in [0.5, 0.6) is 0 Å². The lowest BCUT2D eigenvalue weighted by molar-refractivity contribution is 0.0939. The fraction of sp³-hybridized carbons (Fsp3) is 0.524. The number of sulfonamides is 1. The topological polar surface area (TPSA) is 84.3 Å². The first-order valence-electron chi connectivity index (χ1n) is 10.1. The lowest BCUT2D eigenvalue weighted by atomic mass is 10.1. The summed E-state index contributed by atoms with van der Waals surface area (Å²) in [6, 6.07) is 6.08. The van der Waals surface area contributed by atoms with Crippen molar-refractivity contribution in [2.75, 3.05) is 13.1 Å². The molecule has 8 heteroatoms. The fourth-order valence-corrected chi connectivity index (χ4v) is 5.56. The number of carbonyl (C=O) groups is 1. The van der Waals surface area contributed by atoms with Crippen LogP contribution in [-0.2, 0) is 17.1 Å². The largest absolute Gasteiger partial charge is 0.345 e. The minimum atomic E-state index is -3.59. The van der Waals surface area contributed by atoms with Crippen LogP contribution in [0.4, 0.5) is 0 Å². The van der Waals surface area contributed by atoms with Gasteiger partial charge in [0.15, 0.2) is 0 Å². The Bertz CT molecular complexity index is 989. The van der Waals surface area contributed by atoms with Gasteiger partial charge in [-0.1, -0.05) is 18.9 Å². The van der Waals surface area contributed by atoms with Crippen molar-refractivity contribution in [3.63, 3.8) is 0 Å². The molecule has 0 spiro atoms. The van der Waals surface area contributed by atoms with E-state index in [4.69, 9.17) is 0 Å². The summed E-state index contributed by atoms with van der Waals surface area (Å²) in [6.45, 7) is 6.86. The van der Waals surface area contributed by atoms with Crippen LogP contribution in [-0.4, -0.2) is 41.5 Å². The number of benzene rings is 1. The Morgan fingerprint density at radius 3 is 2.38 bits per heavy atom. The molecule has 1 N–H and O–H groups in total. The van der Waals surface area contributed by atoms with Gasteiger partial charge in [0, 0.05) is 37.0 Å². The number of nitrogens with one attached hydrogen (secondary N) is 1. The number of nitrogens with zero attached hydrogens (tertiary/aromatic N) is 3. The Morgan fingerprint density at radius 2 is 1.79 bits per heavy atom. The molecule has 2 heterocycles. The summed E-state index contributed by atoms with van der Waals surface area (Å²) in [4.78, 5) is 13.0. The third-order valence-corrected chi connectivity index (χ3v) is 7.54. The van der Waals surface area contributed by atoms with Gasteiger partial charge in [-0.05, 0) is 51.8 Å². The second kappa shape index (κ2) is 8.67. The van der Waals surface area contributed by atoms with Crippen molar-refractivity contribution in [1.82, 2.24) is 19.4 Å². The highest BCUT2D eigenvalue weighted by molar-refractivity contribution is 7.89. The normalized spacial score (nSPS) is 17.0. The second-order valence-electron chi connectivity index (χ2n) is 7.75. The van der Waals surface area contributed by atoms with E-state index < -0.39 is 10.0 Å². The SMILES string of the molecule is Cc1nn(C)c(C)c1C(C)NC(=O)c1cccc(S(=O)(=O)N2CCCCCC2)c1. The van der Waals surface area contributed by atoms with Gasteiger partial charge in [-0.2, -0.15) is 9.40 Å². The van der Waals surface area contributed by atoms with Crippen LogP contribution < -0.4 is 5.32 Å². The highest BCUT2D eigenvalue weighted by Crippen LogP contribution is 2.23. The zero-order valence-corrected chi connectivity index (χ0v) is 18.4. The monoisotopic (exact) mass is 418 g/mol. The minimum absolute atomic E-state index is 0.174. The standard InChI is InChI=1S/C21H30N4O3S/c1-15(20-16(2)23-24(4)17(20)3)22-21(26)18-10-9-11-19(14-18)29(27,28)25-12-7-5-6-8-13-25/h9-11,14-15H,5-8,12-13H2,1-4H3,(H,22,26). The van der Waals surface area contributed by atoms with Gasteiger partial charge in [0.05, 0.1) is 16.6 Å². The summed E-state index contributed by atoms with van der Waals surface area (Å²) in [6.07, 6.45) is 3.86. The summed E-state index contributed by atoms with van der Waals surface area (Å²) >= 11 is 0. The lowest BCUT2D eigenvalue weighted by Gasteiger charge is -2.20. The molecule has 1 fully saturated rings. The van der Waals surface area contributed by atoms with E-state index in [0.717, 1.165) is 42.6 Å². The first kappa shape index (κ1) is 21.5. The van der Waals surface area contributed by atoms with Crippen LogP contribution >= 0.6 is 0 Å². The highest BCUT2D eigenvalue weighted by Gasteiger charge is 2.26. The van der Waals surface area contributed by atoms with E-state index in [1.807, 2.05) is 27.8 Å². The molecule has 0 radical (unpaired) electrons. The molecule has 1 unspecified atom stereocenters. The summed E-state index contributed by atoms with van der Waals surface area (Å²) in [7, 11) is -1.72. The molecule has 1 amide bonds. The molecule has 0 aliphatic carbocycles. The molecule has 158 valence electrons. The fourth-order valence-electron chi connectivity index (χ4n) is 4.00. The van der Waals surface area contributed by atoms with Gasteiger partial charge in [0.25, 0.3) is 5.91 Å². The number of hydrogen-bond donors (Lipinski definition) is 1. The van der Waals surface area contributed by atoms with Gasteiger partial charge in [0.1, 0.15) is 0 Å². The molecule has 1 saturated heterocycles. The maximum absolute atomic E-state index is 13.0. The van der Waals surface area contributed by atoms with Crippen LogP contribution in [0, 0.1) is 13.8 Å². The summed E-state index contributed by atoms with van der Waals surface area (Å²) in [5, 5.41) is 7.37. The third kappa shape index (κ3) is 4.53. The third-order valence-electron chi connectivity index (χ3n) is 5.64. The van der Waals surface area contributed by atoms with Crippen LogP contribution in [0.15, 0.2) is 29.2 Å². The predicted molar refractivity (Wildman–Crippen MR) is 112 cm³/mol. The summed E-state index contributed by atoms with van der Waals surface area (Å²) in [5.74, 6) is -0.298. The van der Waals surface area contributed by atoms with Crippen LogP contribution in [0.25, 0.3) is 0 Å². The van der Waals surface area contributed by atoms with Crippen molar-refractivity contribution in [2.45, 2.75) is 57.4 Å². The molecule has 29 heavy (non-hydrogen) atoms. The smallest absolute Gasteiger partial charge is 0.251 e. The number of rotatable bonds is 5. The Balaban J connectivity index is 1.80. The van der Waals surface area contributed by atoms with E-state index in [1.165, 1.54) is 6.07 Å². The average molecular weight is 419 g/mol. The number of hydrogen-bond acceptors (Lipinski definition) is 4. The first-order valence-corrected chi connectivity index (χ1v) is 11.6. The van der Waals surface area contributed by atoms with Crippen LogP contribution in [0.1, 0.15) is 66.0 Å². The molecule has 1 aliphatic heterocycles. The lowest BCUT2D eigenvalue weighted by Crippen LogP contribution is -2.32. The van der Waals surface area contributed by atoms with Crippen molar-refractivity contribution in [1.29, 1.82) is 0 Å². The summed E-state index contributed by atoms with van der Waals surface area (Å²) in [5.41, 5.74) is 3.18. The zero-order chi connectivity index (χ0) is 21.2. The van der Waals surface area contributed by atoms with Crippen LogP contribution in [0.3, 0.4) is 0 Å². The predicted octanol–water partition coefficient (Wildman–Crippen LogP) is 3.09. The molecule has 1 aliphatic rings. The molecule has 3 rings (SSSR count). The van der Waals surface area contributed by atoms with E-state index >= 15 is 0 Å². The van der Waals surface area contributed by atoms with E-state index in [0.29, 0.717) is 18.7 Å². The minimum Gasteiger partial charge on any atom is -0.345 e. The maximum atomic E-state index is 13.0. The van der Waals surface area contributed by atoms with Crippen LogP contribution in [0.2, 0.25) is 0 Å². The molecule has 2 aromatic rings. The molecule has 1 atom stereocenters. The van der Waals surface area contributed by atoms with E-state index in [1.54, 1.807) is 27.2 Å². The Kier molecular flexibility index (Phi) is 6.43. The van der Waals surface area contributed by atoms with E-state index in [9.17, 15) is 13.2 Å². The van der Waals surface area contributed by atoms with E-state index in [2.05, 4.69) is 10.4 Å². The molecule has 1 aromatic heterocycles. The number of aryl methyl sites for hydroxylation is 2. The van der Waals surface area contributed by atoms with Gasteiger partial charge in [0.2, 0.25) is 10.0 Å². The Hall–Kier alpha value is -2.19. The van der Waals surface area contributed by atoms with Gasteiger partial charge in [-0.15, -0.1) is 0 Å². The first-order chi connectivity index (χ1) is 13.7. The highest BCUT2D eigenvalue weighted by atomic mass is 32.2. The van der Waals surface area contributed by atoms with Crippen molar-refractivity contribution in [3.8, 4) is 0 Å². The number of carbonyl (C=O) groups excluding carboxylic acids is 1. The molecular formula is C21H30N4O3S. The van der Waals surface area contributed by atoms with E-state index in [-0.39, 0.29) is 16.8 Å². The molecular weight excluding hydrogens is 388 g/mol. The van der Waals surface area contributed by atoms with Gasteiger partial charge in [-0.25, -0.2) is 8.42 Å². The Labute approximate surface area is 173 Å². The van der Waals surface area contributed by atoms with Gasteiger partial charge >= 0.3 is 0 Å². The summed E-state index contributed by atoms with van der Waals surface area (Å²) < 4.78 is 29.4. The number of aromatic nitrogens is 2. The molecule has 7 nitrogen and oxygen atoms in total. The van der Waals surface area contributed by atoms with Crippen molar-refractivity contribution in [3.05, 3.63) is 46.8 Å². The molecule has 1 aromatic carbocycles. The Morgan fingerprint density at radius 1 is 1.14 bits per heavy atom.